The highest BCUT2D eigenvalue weighted by Crippen LogP contribution is 2.48. The van der Waals surface area contributed by atoms with E-state index in [1.165, 1.54) is 12.1 Å². The Labute approximate surface area is 120 Å². The van der Waals surface area contributed by atoms with Crippen LogP contribution in [0.1, 0.15) is 31.2 Å². The van der Waals surface area contributed by atoms with Crippen LogP contribution >= 0.6 is 0 Å². The predicted molar refractivity (Wildman–Crippen MR) is 78.1 cm³/mol. The topological polar surface area (TPSA) is 32.3 Å². The second kappa shape index (κ2) is 6.35. The van der Waals surface area contributed by atoms with Crippen LogP contribution < -0.4 is 5.32 Å². The van der Waals surface area contributed by atoms with Crippen LogP contribution in [0.3, 0.4) is 0 Å². The quantitative estimate of drug-likeness (QED) is 0.776. The number of carbonyl (C=O) groups excluding carboxylic acids is 1. The summed E-state index contributed by atoms with van der Waals surface area (Å²) >= 11 is 0. The van der Waals surface area contributed by atoms with E-state index in [2.05, 4.69) is 10.2 Å². The van der Waals surface area contributed by atoms with Crippen molar-refractivity contribution in [3.63, 3.8) is 0 Å². The van der Waals surface area contributed by atoms with Gasteiger partial charge in [-0.3, -0.25) is 4.79 Å². The molecule has 1 fully saturated rings. The van der Waals surface area contributed by atoms with E-state index in [-0.39, 0.29) is 11.7 Å². The van der Waals surface area contributed by atoms with E-state index < -0.39 is 5.41 Å². The van der Waals surface area contributed by atoms with Crippen molar-refractivity contribution in [2.24, 2.45) is 0 Å². The molecule has 1 amide bonds. The van der Waals surface area contributed by atoms with E-state index in [0.29, 0.717) is 0 Å². The van der Waals surface area contributed by atoms with Crippen LogP contribution in [0.5, 0.6) is 0 Å². The fraction of sp³-hybridized carbons (Fsp3) is 0.562. The molecule has 0 radical (unpaired) electrons. The van der Waals surface area contributed by atoms with Crippen LogP contribution in [0.25, 0.3) is 0 Å². The molecule has 0 spiro atoms. The van der Waals surface area contributed by atoms with Gasteiger partial charge in [-0.25, -0.2) is 4.39 Å². The fourth-order valence-corrected chi connectivity index (χ4v) is 2.46. The van der Waals surface area contributed by atoms with Gasteiger partial charge >= 0.3 is 0 Å². The van der Waals surface area contributed by atoms with Crippen LogP contribution in [0, 0.1) is 5.82 Å². The summed E-state index contributed by atoms with van der Waals surface area (Å²) in [5.74, 6) is -0.164. The van der Waals surface area contributed by atoms with E-state index in [1.807, 2.05) is 14.1 Å². The molecule has 3 nitrogen and oxygen atoms in total. The van der Waals surface area contributed by atoms with E-state index >= 15 is 0 Å². The first-order valence-electron chi connectivity index (χ1n) is 7.24. The minimum Gasteiger partial charge on any atom is -0.355 e. The van der Waals surface area contributed by atoms with Crippen LogP contribution in [-0.4, -0.2) is 38.0 Å². The SMILES string of the molecule is CN(C)CCCCNC(=O)C1(c2ccc(F)cc2)CC1. The summed E-state index contributed by atoms with van der Waals surface area (Å²) in [6, 6.07) is 6.32. The molecule has 2 rings (SSSR count). The first kappa shape index (κ1) is 15.0. The van der Waals surface area contributed by atoms with Crippen molar-refractivity contribution >= 4 is 5.91 Å². The Balaban J connectivity index is 1.81. The van der Waals surface area contributed by atoms with Crippen molar-refractivity contribution in [2.75, 3.05) is 27.2 Å². The Hall–Kier alpha value is -1.42. The van der Waals surface area contributed by atoms with Crippen LogP contribution in [0.2, 0.25) is 0 Å². The van der Waals surface area contributed by atoms with Gasteiger partial charge in [0.1, 0.15) is 5.82 Å². The molecule has 1 aromatic carbocycles. The van der Waals surface area contributed by atoms with Crippen molar-refractivity contribution in [3.05, 3.63) is 35.6 Å². The normalized spacial score (nSPS) is 16.2. The summed E-state index contributed by atoms with van der Waals surface area (Å²) in [7, 11) is 4.10. The third-order valence-corrected chi connectivity index (χ3v) is 3.90. The minimum atomic E-state index is -0.394. The Morgan fingerprint density at radius 2 is 1.90 bits per heavy atom. The van der Waals surface area contributed by atoms with E-state index in [4.69, 9.17) is 0 Å². The van der Waals surface area contributed by atoms with Crippen LogP contribution in [-0.2, 0) is 10.2 Å². The largest absolute Gasteiger partial charge is 0.355 e. The second-order valence-electron chi connectivity index (χ2n) is 5.86. The highest BCUT2D eigenvalue weighted by Gasteiger charge is 2.50. The maximum Gasteiger partial charge on any atom is 0.230 e. The lowest BCUT2D eigenvalue weighted by molar-refractivity contribution is -0.123. The number of carbonyl (C=O) groups is 1. The number of nitrogens with zero attached hydrogens (tertiary/aromatic N) is 1. The Kier molecular flexibility index (Phi) is 4.76. The smallest absolute Gasteiger partial charge is 0.230 e. The Morgan fingerprint density at radius 3 is 2.45 bits per heavy atom. The van der Waals surface area contributed by atoms with Gasteiger partial charge in [-0.2, -0.15) is 0 Å². The summed E-state index contributed by atoms with van der Waals surface area (Å²) in [5, 5.41) is 3.02. The summed E-state index contributed by atoms with van der Waals surface area (Å²) in [6.07, 6.45) is 3.80. The molecular weight excluding hydrogens is 255 g/mol. The van der Waals surface area contributed by atoms with Gasteiger partial charge in [0.25, 0.3) is 0 Å². The average molecular weight is 278 g/mol. The zero-order valence-corrected chi connectivity index (χ0v) is 12.3. The number of hydrogen-bond acceptors (Lipinski definition) is 2. The van der Waals surface area contributed by atoms with Gasteiger partial charge in [0.15, 0.2) is 0 Å². The molecule has 0 unspecified atom stereocenters. The first-order chi connectivity index (χ1) is 9.54. The molecular formula is C16H23FN2O. The van der Waals surface area contributed by atoms with Gasteiger partial charge in [-0.15, -0.1) is 0 Å². The van der Waals surface area contributed by atoms with Gasteiger partial charge in [0.2, 0.25) is 5.91 Å². The molecule has 1 aliphatic rings. The zero-order chi connectivity index (χ0) is 14.6. The third-order valence-electron chi connectivity index (χ3n) is 3.90. The number of nitrogens with one attached hydrogen (secondary N) is 1. The van der Waals surface area contributed by atoms with Crippen molar-refractivity contribution in [1.29, 1.82) is 0 Å². The van der Waals surface area contributed by atoms with Crippen molar-refractivity contribution in [3.8, 4) is 0 Å². The number of unbranched alkanes of at least 4 members (excludes halogenated alkanes) is 1. The monoisotopic (exact) mass is 278 g/mol. The molecule has 0 aliphatic heterocycles. The molecule has 0 heterocycles. The summed E-state index contributed by atoms with van der Waals surface area (Å²) in [4.78, 5) is 14.4. The summed E-state index contributed by atoms with van der Waals surface area (Å²) in [6.45, 7) is 1.76. The number of halogens is 1. The van der Waals surface area contributed by atoms with E-state index in [0.717, 1.165) is 44.3 Å². The van der Waals surface area contributed by atoms with Crippen LogP contribution in [0.4, 0.5) is 4.39 Å². The standard InChI is InChI=1S/C16H23FN2O/c1-19(2)12-4-3-11-18-15(20)16(9-10-16)13-5-7-14(17)8-6-13/h5-8H,3-4,9-12H2,1-2H3,(H,18,20). The maximum atomic E-state index is 12.9. The number of rotatable bonds is 7. The molecule has 1 saturated carbocycles. The maximum absolute atomic E-state index is 12.9. The minimum absolute atomic E-state index is 0.0916. The molecule has 0 bridgehead atoms. The number of hydrogen-bond donors (Lipinski definition) is 1. The average Bonchev–Trinajstić information content (AvgIpc) is 3.20. The van der Waals surface area contributed by atoms with Crippen molar-refractivity contribution in [1.82, 2.24) is 10.2 Å². The molecule has 1 N–H and O–H groups in total. The fourth-order valence-electron chi connectivity index (χ4n) is 2.46. The summed E-state index contributed by atoms with van der Waals surface area (Å²) < 4.78 is 12.9. The van der Waals surface area contributed by atoms with Gasteiger partial charge in [-0.05, 0) is 64.0 Å². The Bertz CT molecular complexity index is 452. The van der Waals surface area contributed by atoms with Gasteiger partial charge in [0.05, 0.1) is 5.41 Å². The molecule has 1 aliphatic carbocycles. The lowest BCUT2D eigenvalue weighted by atomic mass is 9.95. The molecule has 110 valence electrons. The molecule has 1 aromatic rings. The van der Waals surface area contributed by atoms with Gasteiger partial charge < -0.3 is 10.2 Å². The molecule has 0 atom stereocenters. The number of amides is 1. The highest BCUT2D eigenvalue weighted by molar-refractivity contribution is 5.91. The number of benzene rings is 1. The third kappa shape index (κ3) is 3.57. The second-order valence-corrected chi connectivity index (χ2v) is 5.86. The molecule has 20 heavy (non-hydrogen) atoms. The molecule has 4 heteroatoms. The lowest BCUT2D eigenvalue weighted by Crippen LogP contribution is -2.35. The molecule has 0 aromatic heterocycles. The predicted octanol–water partition coefficient (Wildman–Crippen LogP) is 2.32. The highest BCUT2D eigenvalue weighted by atomic mass is 19.1. The lowest BCUT2D eigenvalue weighted by Gasteiger charge is -2.16. The van der Waals surface area contributed by atoms with Crippen molar-refractivity contribution in [2.45, 2.75) is 31.1 Å². The summed E-state index contributed by atoms with van der Waals surface area (Å²) in [5.41, 5.74) is 0.541. The van der Waals surface area contributed by atoms with Crippen LogP contribution in [0.15, 0.2) is 24.3 Å². The van der Waals surface area contributed by atoms with Gasteiger partial charge in [-0.1, -0.05) is 12.1 Å². The Morgan fingerprint density at radius 1 is 1.25 bits per heavy atom. The first-order valence-corrected chi connectivity index (χ1v) is 7.24. The van der Waals surface area contributed by atoms with E-state index in [9.17, 15) is 9.18 Å². The van der Waals surface area contributed by atoms with E-state index in [1.54, 1.807) is 12.1 Å². The zero-order valence-electron chi connectivity index (χ0n) is 12.3. The molecule has 0 saturated heterocycles. The van der Waals surface area contributed by atoms with Gasteiger partial charge in [0, 0.05) is 6.54 Å². The van der Waals surface area contributed by atoms with Crippen molar-refractivity contribution < 1.29 is 9.18 Å².